The van der Waals surface area contributed by atoms with Crippen LogP contribution in [0, 0.1) is 0 Å². The van der Waals surface area contributed by atoms with Gasteiger partial charge in [0.05, 0.1) is 18.9 Å². The van der Waals surface area contributed by atoms with Crippen molar-refractivity contribution in [3.05, 3.63) is 0 Å². The SMILES string of the molecule is NCCCCC(NC(=O)C(N)CC(N)=O)C(=O)NC(CCC(=O)O)C(=O)NC(CC(N)=O)C(=O)O. The zero-order valence-corrected chi connectivity index (χ0v) is 19.0. The summed E-state index contributed by atoms with van der Waals surface area (Å²) in [7, 11) is 0. The highest BCUT2D eigenvalue weighted by Crippen LogP contribution is 2.06. The van der Waals surface area contributed by atoms with Crippen LogP contribution in [0.1, 0.15) is 44.9 Å². The van der Waals surface area contributed by atoms with Crippen molar-refractivity contribution in [2.24, 2.45) is 22.9 Å². The molecule has 0 saturated heterocycles. The number of hydrogen-bond donors (Lipinski definition) is 9. The number of carboxylic acid groups (broad SMARTS) is 2. The predicted molar refractivity (Wildman–Crippen MR) is 119 cm³/mol. The quantitative estimate of drug-likeness (QED) is 0.0804. The lowest BCUT2D eigenvalue weighted by Crippen LogP contribution is -2.57. The summed E-state index contributed by atoms with van der Waals surface area (Å²) in [6.07, 6.45) is -1.29. The molecule has 0 rings (SSSR count). The number of carboxylic acids is 2. The molecule has 0 bridgehead atoms. The molecule has 4 atom stereocenters. The van der Waals surface area contributed by atoms with Crippen molar-refractivity contribution in [1.82, 2.24) is 16.0 Å². The summed E-state index contributed by atoms with van der Waals surface area (Å²) in [5.41, 5.74) is 21.0. The average Bonchev–Trinajstić information content (AvgIpc) is 2.74. The topological polar surface area (TPSA) is 300 Å². The van der Waals surface area contributed by atoms with Gasteiger partial charge < -0.3 is 49.1 Å². The Balaban J connectivity index is 5.61. The van der Waals surface area contributed by atoms with Crippen molar-refractivity contribution in [2.75, 3.05) is 6.54 Å². The molecule has 35 heavy (non-hydrogen) atoms. The molecule has 0 aromatic heterocycles. The maximum atomic E-state index is 12.9. The third-order valence-corrected chi connectivity index (χ3v) is 4.64. The number of rotatable bonds is 18. The van der Waals surface area contributed by atoms with Crippen LogP contribution >= 0.6 is 0 Å². The molecule has 198 valence electrons. The summed E-state index contributed by atoms with van der Waals surface area (Å²) < 4.78 is 0. The van der Waals surface area contributed by atoms with Crippen LogP contribution in [0.25, 0.3) is 0 Å². The molecule has 4 unspecified atom stereocenters. The van der Waals surface area contributed by atoms with Crippen LogP contribution in [0.3, 0.4) is 0 Å². The van der Waals surface area contributed by atoms with E-state index in [1.54, 1.807) is 0 Å². The van der Waals surface area contributed by atoms with Crippen LogP contribution in [0.15, 0.2) is 0 Å². The number of carbonyl (C=O) groups excluding carboxylic acids is 5. The molecule has 0 spiro atoms. The van der Waals surface area contributed by atoms with Gasteiger partial charge in [0.15, 0.2) is 0 Å². The first-order valence-corrected chi connectivity index (χ1v) is 10.7. The molecule has 16 nitrogen and oxygen atoms in total. The third-order valence-electron chi connectivity index (χ3n) is 4.64. The average molecular weight is 504 g/mol. The Hall–Kier alpha value is -3.79. The van der Waals surface area contributed by atoms with Crippen molar-refractivity contribution in [1.29, 1.82) is 0 Å². The molecule has 0 heterocycles. The Morgan fingerprint density at radius 2 is 1.17 bits per heavy atom. The standard InChI is InChI=1S/C19H33N7O9/c20-6-2-1-3-10(24-16(31)9(21)7-13(22)27)17(32)25-11(4-5-15(29)30)18(33)26-12(19(34)35)8-14(23)28/h9-12H,1-8,20-21H2,(H2,22,27)(H2,23,28)(H,24,31)(H,25,32)(H,26,33)(H,29,30)(H,34,35). The van der Waals surface area contributed by atoms with Crippen LogP contribution in [-0.2, 0) is 33.6 Å². The molecule has 0 radical (unpaired) electrons. The number of hydrogen-bond acceptors (Lipinski definition) is 9. The number of nitrogens with two attached hydrogens (primary N) is 4. The van der Waals surface area contributed by atoms with E-state index in [9.17, 15) is 33.6 Å². The fourth-order valence-corrected chi connectivity index (χ4v) is 2.83. The van der Waals surface area contributed by atoms with Gasteiger partial charge in [-0.1, -0.05) is 0 Å². The summed E-state index contributed by atoms with van der Waals surface area (Å²) >= 11 is 0. The first kappa shape index (κ1) is 31.2. The van der Waals surface area contributed by atoms with Crippen LogP contribution < -0.4 is 38.9 Å². The largest absolute Gasteiger partial charge is 0.481 e. The minimum atomic E-state index is -1.71. The van der Waals surface area contributed by atoms with Crippen molar-refractivity contribution in [3.8, 4) is 0 Å². The molecule has 13 N–H and O–H groups in total. The first-order chi connectivity index (χ1) is 16.3. The fraction of sp³-hybridized carbons (Fsp3) is 0.632. The van der Waals surface area contributed by atoms with E-state index in [2.05, 4.69) is 10.6 Å². The number of carbonyl (C=O) groups is 7. The Morgan fingerprint density at radius 3 is 1.63 bits per heavy atom. The second-order valence-electron chi connectivity index (χ2n) is 7.69. The maximum absolute atomic E-state index is 12.9. The van der Waals surface area contributed by atoms with Gasteiger partial charge in [0, 0.05) is 6.42 Å². The van der Waals surface area contributed by atoms with E-state index in [0.29, 0.717) is 19.4 Å². The minimum Gasteiger partial charge on any atom is -0.481 e. The van der Waals surface area contributed by atoms with Crippen LogP contribution in [0.5, 0.6) is 0 Å². The van der Waals surface area contributed by atoms with E-state index in [-0.39, 0.29) is 6.42 Å². The molecule has 5 amide bonds. The van der Waals surface area contributed by atoms with Gasteiger partial charge in [-0.15, -0.1) is 0 Å². The highest BCUT2D eigenvalue weighted by Gasteiger charge is 2.31. The lowest BCUT2D eigenvalue weighted by atomic mass is 10.0. The summed E-state index contributed by atoms with van der Waals surface area (Å²) in [6.45, 7) is 0.295. The second-order valence-corrected chi connectivity index (χ2v) is 7.69. The molecule has 16 heteroatoms. The first-order valence-electron chi connectivity index (χ1n) is 10.7. The Labute approximate surface area is 200 Å². The third kappa shape index (κ3) is 13.5. The zero-order valence-electron chi connectivity index (χ0n) is 19.0. The van der Waals surface area contributed by atoms with Gasteiger partial charge in [-0.05, 0) is 32.2 Å². The van der Waals surface area contributed by atoms with Gasteiger partial charge in [-0.3, -0.25) is 28.8 Å². The highest BCUT2D eigenvalue weighted by atomic mass is 16.4. The van der Waals surface area contributed by atoms with E-state index in [1.807, 2.05) is 5.32 Å². The fourth-order valence-electron chi connectivity index (χ4n) is 2.83. The Bertz CT molecular complexity index is 806. The van der Waals surface area contributed by atoms with Crippen LogP contribution in [0.4, 0.5) is 0 Å². The Morgan fingerprint density at radius 1 is 0.686 bits per heavy atom. The maximum Gasteiger partial charge on any atom is 0.326 e. The lowest BCUT2D eigenvalue weighted by Gasteiger charge is -2.25. The number of primary amides is 2. The van der Waals surface area contributed by atoms with Crippen LogP contribution in [0.2, 0.25) is 0 Å². The number of amides is 5. The van der Waals surface area contributed by atoms with Crippen molar-refractivity contribution in [3.63, 3.8) is 0 Å². The van der Waals surface area contributed by atoms with Crippen molar-refractivity contribution >= 4 is 41.5 Å². The number of nitrogens with one attached hydrogen (secondary N) is 3. The highest BCUT2D eigenvalue weighted by molar-refractivity contribution is 5.95. The number of aliphatic carboxylic acids is 2. The summed E-state index contributed by atoms with van der Waals surface area (Å²) in [4.78, 5) is 82.1. The normalized spacial score (nSPS) is 14.0. The van der Waals surface area contributed by atoms with Gasteiger partial charge in [-0.25, -0.2) is 4.79 Å². The molecule has 0 aromatic carbocycles. The molecular weight excluding hydrogens is 470 g/mol. The van der Waals surface area contributed by atoms with E-state index in [0.717, 1.165) is 0 Å². The van der Waals surface area contributed by atoms with Gasteiger partial charge in [0.1, 0.15) is 18.1 Å². The van der Waals surface area contributed by atoms with Gasteiger partial charge in [0.2, 0.25) is 29.5 Å². The van der Waals surface area contributed by atoms with E-state index in [1.165, 1.54) is 0 Å². The molecule has 0 fully saturated rings. The summed E-state index contributed by atoms with van der Waals surface area (Å²) in [5, 5.41) is 24.8. The summed E-state index contributed by atoms with van der Waals surface area (Å²) in [5.74, 6) is -7.56. The lowest BCUT2D eigenvalue weighted by molar-refractivity contribution is -0.144. The van der Waals surface area contributed by atoms with Gasteiger partial charge in [0.25, 0.3) is 0 Å². The molecule has 0 aliphatic rings. The molecule has 0 aliphatic heterocycles. The van der Waals surface area contributed by atoms with E-state index < -0.39 is 91.3 Å². The zero-order chi connectivity index (χ0) is 27.1. The second kappa shape index (κ2) is 15.9. The monoisotopic (exact) mass is 503 g/mol. The van der Waals surface area contributed by atoms with E-state index >= 15 is 0 Å². The minimum absolute atomic E-state index is 0.0603. The van der Waals surface area contributed by atoms with Gasteiger partial charge >= 0.3 is 11.9 Å². The molecule has 0 saturated carbocycles. The van der Waals surface area contributed by atoms with E-state index in [4.69, 9.17) is 33.1 Å². The summed E-state index contributed by atoms with van der Waals surface area (Å²) in [6, 6.07) is -5.82. The molecule has 0 aliphatic carbocycles. The molecular formula is C19H33N7O9. The van der Waals surface area contributed by atoms with Gasteiger partial charge in [-0.2, -0.15) is 0 Å². The predicted octanol–water partition coefficient (Wildman–Crippen LogP) is -4.40. The molecule has 0 aromatic rings. The van der Waals surface area contributed by atoms with Crippen molar-refractivity contribution < 1.29 is 43.8 Å². The van der Waals surface area contributed by atoms with Crippen molar-refractivity contribution in [2.45, 2.75) is 69.1 Å². The number of unbranched alkanes of at least 4 members (excludes halogenated alkanes) is 1. The smallest absolute Gasteiger partial charge is 0.326 e. The van der Waals surface area contributed by atoms with Crippen LogP contribution in [-0.4, -0.2) is 82.4 Å². The Kier molecular flexibility index (Phi) is 14.2.